The first-order valence-corrected chi connectivity index (χ1v) is 10.5. The molecule has 1 fully saturated rings. The highest BCUT2D eigenvalue weighted by atomic mass is 16.5. The van der Waals surface area contributed by atoms with Gasteiger partial charge in [-0.2, -0.15) is 5.10 Å². The van der Waals surface area contributed by atoms with Gasteiger partial charge in [-0.25, -0.2) is 9.48 Å². The van der Waals surface area contributed by atoms with Gasteiger partial charge in [0.25, 0.3) is 0 Å². The van der Waals surface area contributed by atoms with Crippen LogP contribution in [-0.2, 0) is 29.1 Å². The lowest BCUT2D eigenvalue weighted by molar-refractivity contribution is -0.137. The van der Waals surface area contributed by atoms with Gasteiger partial charge in [0.1, 0.15) is 24.2 Å². The number of carbonyl (C=O) groups excluding carboxylic acids is 2. The number of rotatable bonds is 5. The molecule has 1 aromatic heterocycles. The van der Waals surface area contributed by atoms with Crippen LogP contribution in [0.15, 0.2) is 29.1 Å². The lowest BCUT2D eigenvalue weighted by Crippen LogP contribution is -2.45. The molecule has 1 N–H and O–H groups in total. The highest BCUT2D eigenvalue weighted by Gasteiger charge is 2.34. The molecule has 2 aliphatic heterocycles. The van der Waals surface area contributed by atoms with Gasteiger partial charge < -0.3 is 15.0 Å². The number of hydrogen-bond acceptors (Lipinski definition) is 5. The number of carbonyl (C=O) groups is 2. The van der Waals surface area contributed by atoms with E-state index in [2.05, 4.69) is 10.4 Å². The third-order valence-corrected chi connectivity index (χ3v) is 5.80. The molecular weight excluding hydrogens is 386 g/mol. The Morgan fingerprint density at radius 1 is 1.13 bits per heavy atom. The highest BCUT2D eigenvalue weighted by molar-refractivity contribution is 5.97. The van der Waals surface area contributed by atoms with Crippen molar-refractivity contribution in [3.05, 3.63) is 40.6 Å². The van der Waals surface area contributed by atoms with Crippen molar-refractivity contribution in [3.63, 3.8) is 0 Å². The Hall–Kier alpha value is -3.10. The van der Waals surface area contributed by atoms with Crippen molar-refractivity contribution in [2.75, 3.05) is 19.0 Å². The molecule has 1 aromatic carbocycles. The van der Waals surface area contributed by atoms with Gasteiger partial charge in [0.05, 0.1) is 7.11 Å². The molecular formula is C21H27N5O4. The van der Waals surface area contributed by atoms with Crippen molar-refractivity contribution < 1.29 is 14.3 Å². The molecule has 3 heterocycles. The molecule has 160 valence electrons. The van der Waals surface area contributed by atoms with Crippen LogP contribution < -0.4 is 15.7 Å². The summed E-state index contributed by atoms with van der Waals surface area (Å²) in [5.74, 6) is 0.979. The fourth-order valence-corrected chi connectivity index (χ4v) is 4.18. The second kappa shape index (κ2) is 8.73. The maximum absolute atomic E-state index is 12.9. The summed E-state index contributed by atoms with van der Waals surface area (Å²) in [6, 6.07) is 6.51. The third kappa shape index (κ3) is 4.10. The summed E-state index contributed by atoms with van der Waals surface area (Å²) in [4.78, 5) is 39.9. The van der Waals surface area contributed by atoms with Crippen LogP contribution in [0.2, 0.25) is 0 Å². The van der Waals surface area contributed by atoms with Crippen LogP contribution in [0, 0.1) is 0 Å². The minimum atomic E-state index is -0.546. The standard InChI is InChI=1S/C21H27N5O4/c1-30-16-10-8-15(9-11-16)22-20(28)17-6-5-13-24(17)19(27)14-26-21(29)25-12-4-2-3-7-18(25)23-26/h8-11,17H,2-7,12-14H2,1H3,(H,22,28). The molecule has 1 atom stereocenters. The Morgan fingerprint density at radius 2 is 1.93 bits per heavy atom. The molecule has 0 aliphatic carbocycles. The average molecular weight is 413 g/mol. The van der Waals surface area contributed by atoms with Crippen LogP contribution >= 0.6 is 0 Å². The van der Waals surface area contributed by atoms with Gasteiger partial charge in [-0.3, -0.25) is 14.2 Å². The molecule has 2 aromatic rings. The number of methoxy groups -OCH3 is 1. The quantitative estimate of drug-likeness (QED) is 0.799. The normalized spacial score (nSPS) is 18.6. The minimum Gasteiger partial charge on any atom is -0.497 e. The van der Waals surface area contributed by atoms with E-state index in [0.717, 1.165) is 37.9 Å². The van der Waals surface area contributed by atoms with Gasteiger partial charge in [0, 0.05) is 25.2 Å². The summed E-state index contributed by atoms with van der Waals surface area (Å²) in [6.07, 6.45) is 5.15. The predicted molar refractivity (Wildman–Crippen MR) is 110 cm³/mol. The maximum Gasteiger partial charge on any atom is 0.346 e. The number of likely N-dealkylation sites (tertiary alicyclic amines) is 1. The van der Waals surface area contributed by atoms with Crippen LogP contribution in [0.5, 0.6) is 5.75 Å². The Morgan fingerprint density at radius 3 is 2.70 bits per heavy atom. The van der Waals surface area contributed by atoms with E-state index in [9.17, 15) is 14.4 Å². The largest absolute Gasteiger partial charge is 0.497 e. The summed E-state index contributed by atoms with van der Waals surface area (Å²) >= 11 is 0. The van der Waals surface area contributed by atoms with E-state index in [-0.39, 0.29) is 24.0 Å². The zero-order chi connectivity index (χ0) is 21.1. The van der Waals surface area contributed by atoms with Crippen LogP contribution in [0.4, 0.5) is 5.69 Å². The second-order valence-electron chi connectivity index (χ2n) is 7.78. The SMILES string of the molecule is COc1ccc(NC(=O)C2CCCN2C(=O)Cn2nc3n(c2=O)CCCCC3)cc1. The summed E-state index contributed by atoms with van der Waals surface area (Å²) in [5, 5.41) is 7.25. The summed E-state index contributed by atoms with van der Waals surface area (Å²) in [5.41, 5.74) is 0.410. The molecule has 30 heavy (non-hydrogen) atoms. The fourth-order valence-electron chi connectivity index (χ4n) is 4.18. The van der Waals surface area contributed by atoms with E-state index >= 15 is 0 Å². The smallest absolute Gasteiger partial charge is 0.346 e. The van der Waals surface area contributed by atoms with E-state index in [0.29, 0.717) is 30.9 Å². The van der Waals surface area contributed by atoms with E-state index in [1.54, 1.807) is 40.8 Å². The fraction of sp³-hybridized carbons (Fsp3) is 0.524. The number of aromatic nitrogens is 3. The number of anilines is 1. The minimum absolute atomic E-state index is 0.134. The number of fused-ring (bicyclic) bond motifs is 1. The van der Waals surface area contributed by atoms with E-state index in [1.165, 1.54) is 4.68 Å². The lowest BCUT2D eigenvalue weighted by Gasteiger charge is -2.23. The number of ether oxygens (including phenoxy) is 1. The van der Waals surface area contributed by atoms with Crippen molar-refractivity contribution in [1.82, 2.24) is 19.2 Å². The molecule has 0 radical (unpaired) electrons. The predicted octanol–water partition coefficient (Wildman–Crippen LogP) is 1.41. The van der Waals surface area contributed by atoms with Crippen molar-refractivity contribution in [2.45, 2.75) is 57.7 Å². The molecule has 1 unspecified atom stereocenters. The average Bonchev–Trinajstić information content (AvgIpc) is 3.27. The number of hydrogen-bond donors (Lipinski definition) is 1. The zero-order valence-corrected chi connectivity index (χ0v) is 17.2. The number of nitrogens with one attached hydrogen (secondary N) is 1. The van der Waals surface area contributed by atoms with Gasteiger partial charge >= 0.3 is 5.69 Å². The summed E-state index contributed by atoms with van der Waals surface area (Å²) in [7, 11) is 1.58. The zero-order valence-electron chi connectivity index (χ0n) is 17.2. The van der Waals surface area contributed by atoms with Crippen molar-refractivity contribution in [2.24, 2.45) is 0 Å². The Labute approximate surface area is 174 Å². The number of aryl methyl sites for hydroxylation is 1. The topological polar surface area (TPSA) is 98.5 Å². The van der Waals surface area contributed by atoms with Gasteiger partial charge in [0.2, 0.25) is 11.8 Å². The first-order valence-electron chi connectivity index (χ1n) is 10.5. The first-order chi connectivity index (χ1) is 14.6. The Kier molecular flexibility index (Phi) is 5.87. The molecule has 0 bridgehead atoms. The monoisotopic (exact) mass is 413 g/mol. The van der Waals surface area contributed by atoms with Crippen molar-refractivity contribution in [1.29, 1.82) is 0 Å². The van der Waals surface area contributed by atoms with E-state index < -0.39 is 6.04 Å². The molecule has 1 saturated heterocycles. The second-order valence-corrected chi connectivity index (χ2v) is 7.78. The third-order valence-electron chi connectivity index (χ3n) is 5.80. The molecule has 0 saturated carbocycles. The van der Waals surface area contributed by atoms with Gasteiger partial charge in [-0.15, -0.1) is 0 Å². The number of nitrogens with zero attached hydrogens (tertiary/aromatic N) is 4. The van der Waals surface area contributed by atoms with Crippen LogP contribution in [-0.4, -0.2) is 50.8 Å². The maximum atomic E-state index is 12.9. The van der Waals surface area contributed by atoms with E-state index in [4.69, 9.17) is 4.74 Å². The van der Waals surface area contributed by atoms with Crippen LogP contribution in [0.1, 0.15) is 37.9 Å². The number of amides is 2. The number of benzene rings is 1. The Balaban J connectivity index is 1.43. The van der Waals surface area contributed by atoms with Crippen molar-refractivity contribution in [3.8, 4) is 5.75 Å². The molecule has 9 heteroatoms. The van der Waals surface area contributed by atoms with Crippen LogP contribution in [0.3, 0.4) is 0 Å². The summed E-state index contributed by atoms with van der Waals surface area (Å²) < 4.78 is 8.05. The van der Waals surface area contributed by atoms with Crippen LogP contribution in [0.25, 0.3) is 0 Å². The molecule has 9 nitrogen and oxygen atoms in total. The molecule has 0 spiro atoms. The van der Waals surface area contributed by atoms with Gasteiger partial charge in [-0.05, 0) is 49.9 Å². The molecule has 2 aliphatic rings. The molecule has 4 rings (SSSR count). The van der Waals surface area contributed by atoms with Crippen molar-refractivity contribution >= 4 is 17.5 Å². The van der Waals surface area contributed by atoms with Gasteiger partial charge in [-0.1, -0.05) is 6.42 Å². The Bertz CT molecular complexity index is 978. The first kappa shape index (κ1) is 20.2. The van der Waals surface area contributed by atoms with Gasteiger partial charge in [0.15, 0.2) is 0 Å². The highest BCUT2D eigenvalue weighted by Crippen LogP contribution is 2.21. The summed E-state index contributed by atoms with van der Waals surface area (Å²) in [6.45, 7) is 1.02. The lowest BCUT2D eigenvalue weighted by atomic mass is 10.2. The van der Waals surface area contributed by atoms with E-state index in [1.807, 2.05) is 0 Å². The molecule has 2 amide bonds.